The quantitative estimate of drug-likeness (QED) is 0.851. The van der Waals surface area contributed by atoms with E-state index in [4.69, 9.17) is 0 Å². The number of nitrogens with zero attached hydrogens (tertiary/aromatic N) is 2. The Labute approximate surface area is 126 Å². The maximum atomic E-state index is 13.0. The van der Waals surface area contributed by atoms with Crippen molar-refractivity contribution in [3.8, 4) is 0 Å². The van der Waals surface area contributed by atoms with Gasteiger partial charge < -0.3 is 4.90 Å². The Kier molecular flexibility index (Phi) is 5.34. The Morgan fingerprint density at radius 1 is 1.33 bits per heavy atom. The zero-order valence-corrected chi connectivity index (χ0v) is 13.2. The molecule has 0 radical (unpaired) electrons. The summed E-state index contributed by atoms with van der Waals surface area (Å²) in [6.45, 7) is 6.44. The monoisotopic (exact) mass is 292 g/mol. The lowest BCUT2D eigenvalue weighted by Crippen LogP contribution is -2.43. The second-order valence-corrected chi connectivity index (χ2v) is 6.21. The van der Waals surface area contributed by atoms with Crippen LogP contribution in [-0.2, 0) is 4.79 Å². The predicted octanol–water partition coefficient (Wildman–Crippen LogP) is 3.08. The molecule has 0 spiro atoms. The summed E-state index contributed by atoms with van der Waals surface area (Å²) >= 11 is 0. The maximum Gasteiger partial charge on any atom is 0.236 e. The summed E-state index contributed by atoms with van der Waals surface area (Å²) in [6.07, 6.45) is 2.20. The second kappa shape index (κ2) is 7.03. The zero-order valence-electron chi connectivity index (χ0n) is 13.2. The van der Waals surface area contributed by atoms with Crippen LogP contribution in [0.4, 0.5) is 4.39 Å². The van der Waals surface area contributed by atoms with Gasteiger partial charge in [0.25, 0.3) is 0 Å². The third kappa shape index (κ3) is 4.27. The molecule has 1 atom stereocenters. The van der Waals surface area contributed by atoms with Crippen molar-refractivity contribution < 1.29 is 9.18 Å². The Balaban J connectivity index is 1.89. The lowest BCUT2D eigenvalue weighted by molar-refractivity contribution is -0.133. The van der Waals surface area contributed by atoms with E-state index in [0.29, 0.717) is 6.54 Å². The van der Waals surface area contributed by atoms with Crippen LogP contribution in [0.3, 0.4) is 0 Å². The van der Waals surface area contributed by atoms with Gasteiger partial charge in [-0.3, -0.25) is 9.69 Å². The summed E-state index contributed by atoms with van der Waals surface area (Å²) in [5, 5.41) is 0. The van der Waals surface area contributed by atoms with Crippen LogP contribution in [0.2, 0.25) is 0 Å². The maximum absolute atomic E-state index is 13.0. The van der Waals surface area contributed by atoms with Gasteiger partial charge in [0.1, 0.15) is 5.82 Å². The number of likely N-dealkylation sites (tertiary alicyclic amines) is 1. The molecule has 1 aromatic carbocycles. The highest BCUT2D eigenvalue weighted by atomic mass is 19.1. The average molecular weight is 292 g/mol. The van der Waals surface area contributed by atoms with Crippen molar-refractivity contribution in [2.24, 2.45) is 5.92 Å². The fourth-order valence-corrected chi connectivity index (χ4v) is 2.70. The lowest BCUT2D eigenvalue weighted by Gasteiger charge is -2.33. The van der Waals surface area contributed by atoms with Crippen molar-refractivity contribution in [3.63, 3.8) is 0 Å². The van der Waals surface area contributed by atoms with E-state index in [2.05, 4.69) is 6.92 Å². The predicted molar refractivity (Wildman–Crippen MR) is 82.4 cm³/mol. The number of hydrogen-bond acceptors (Lipinski definition) is 2. The highest BCUT2D eigenvalue weighted by molar-refractivity contribution is 5.78. The van der Waals surface area contributed by atoms with Gasteiger partial charge in [0.05, 0.1) is 6.54 Å². The molecule has 21 heavy (non-hydrogen) atoms. The fourth-order valence-electron chi connectivity index (χ4n) is 2.70. The van der Waals surface area contributed by atoms with Gasteiger partial charge in [-0.25, -0.2) is 4.39 Å². The van der Waals surface area contributed by atoms with Crippen LogP contribution in [0, 0.1) is 11.7 Å². The van der Waals surface area contributed by atoms with Gasteiger partial charge in [0.15, 0.2) is 0 Å². The van der Waals surface area contributed by atoms with Crippen LogP contribution in [0.1, 0.15) is 38.3 Å². The third-order valence-electron chi connectivity index (χ3n) is 4.53. The van der Waals surface area contributed by atoms with Crippen LogP contribution in [0.25, 0.3) is 0 Å². The van der Waals surface area contributed by atoms with E-state index in [0.717, 1.165) is 37.4 Å². The second-order valence-electron chi connectivity index (χ2n) is 6.21. The molecule has 2 rings (SSSR count). The molecule has 0 aliphatic carbocycles. The van der Waals surface area contributed by atoms with E-state index in [1.54, 1.807) is 12.1 Å². The Bertz CT molecular complexity index is 466. The first-order chi connectivity index (χ1) is 9.97. The number of amides is 1. The van der Waals surface area contributed by atoms with E-state index >= 15 is 0 Å². The summed E-state index contributed by atoms with van der Waals surface area (Å²) in [7, 11) is 1.94. The van der Waals surface area contributed by atoms with Crippen LogP contribution in [0.5, 0.6) is 0 Å². The normalized spacial score (nSPS) is 18.0. The van der Waals surface area contributed by atoms with E-state index in [9.17, 15) is 9.18 Å². The number of benzene rings is 1. The molecule has 3 nitrogen and oxygen atoms in total. The molecule has 1 aliphatic rings. The number of carbonyl (C=O) groups excluding carboxylic acids is 1. The topological polar surface area (TPSA) is 23.6 Å². The standard InChI is InChI=1S/C17H25FN2O/c1-13-8-10-20(11-9-13)17(21)12-19(3)14(2)15-4-6-16(18)7-5-15/h4-7,13-14H,8-12H2,1-3H3. The van der Waals surface area contributed by atoms with Crippen LogP contribution < -0.4 is 0 Å². The molecule has 0 aromatic heterocycles. The van der Waals surface area contributed by atoms with E-state index in [-0.39, 0.29) is 17.8 Å². The number of hydrogen-bond donors (Lipinski definition) is 0. The number of piperidine rings is 1. The molecule has 4 heteroatoms. The molecule has 116 valence electrons. The van der Waals surface area contributed by atoms with Crippen LogP contribution >= 0.6 is 0 Å². The highest BCUT2D eigenvalue weighted by Crippen LogP contribution is 2.20. The molecular formula is C17H25FN2O. The molecule has 0 bridgehead atoms. The van der Waals surface area contributed by atoms with Crippen molar-refractivity contribution in [2.45, 2.75) is 32.7 Å². The minimum absolute atomic E-state index is 0.0956. The van der Waals surface area contributed by atoms with Crippen molar-refractivity contribution in [3.05, 3.63) is 35.6 Å². The van der Waals surface area contributed by atoms with Crippen molar-refractivity contribution >= 4 is 5.91 Å². The van der Waals surface area contributed by atoms with Gasteiger partial charge in [-0.15, -0.1) is 0 Å². The van der Waals surface area contributed by atoms with Gasteiger partial charge in [-0.2, -0.15) is 0 Å². The van der Waals surface area contributed by atoms with Crippen LogP contribution in [-0.4, -0.2) is 42.4 Å². The van der Waals surface area contributed by atoms with E-state index in [1.165, 1.54) is 12.1 Å². The van der Waals surface area contributed by atoms with Crippen molar-refractivity contribution in [2.75, 3.05) is 26.7 Å². The van der Waals surface area contributed by atoms with Gasteiger partial charge in [-0.1, -0.05) is 19.1 Å². The lowest BCUT2D eigenvalue weighted by atomic mass is 9.99. The van der Waals surface area contributed by atoms with Gasteiger partial charge in [-0.05, 0) is 50.4 Å². The van der Waals surface area contributed by atoms with Crippen molar-refractivity contribution in [1.82, 2.24) is 9.80 Å². The first-order valence-corrected chi connectivity index (χ1v) is 7.71. The average Bonchev–Trinajstić information content (AvgIpc) is 2.47. The highest BCUT2D eigenvalue weighted by Gasteiger charge is 2.22. The molecule has 1 saturated heterocycles. The molecule has 1 unspecified atom stereocenters. The van der Waals surface area contributed by atoms with E-state index in [1.807, 2.05) is 23.8 Å². The number of carbonyl (C=O) groups is 1. The zero-order chi connectivity index (χ0) is 15.4. The SMILES string of the molecule is CC1CCN(C(=O)CN(C)C(C)c2ccc(F)cc2)CC1. The first kappa shape index (κ1) is 16.0. The summed E-state index contributed by atoms with van der Waals surface area (Å²) < 4.78 is 13.0. The van der Waals surface area contributed by atoms with Gasteiger partial charge in [0, 0.05) is 19.1 Å². The van der Waals surface area contributed by atoms with Crippen molar-refractivity contribution in [1.29, 1.82) is 0 Å². The minimum Gasteiger partial charge on any atom is -0.342 e. The number of likely N-dealkylation sites (N-methyl/N-ethyl adjacent to an activating group) is 1. The van der Waals surface area contributed by atoms with Gasteiger partial charge in [0.2, 0.25) is 5.91 Å². The minimum atomic E-state index is -0.230. The summed E-state index contributed by atoms with van der Waals surface area (Å²) in [4.78, 5) is 16.3. The Morgan fingerprint density at radius 2 is 1.90 bits per heavy atom. The number of rotatable bonds is 4. The third-order valence-corrected chi connectivity index (χ3v) is 4.53. The molecule has 0 saturated carbocycles. The fraction of sp³-hybridized carbons (Fsp3) is 0.588. The van der Waals surface area contributed by atoms with Gasteiger partial charge >= 0.3 is 0 Å². The van der Waals surface area contributed by atoms with Crippen LogP contribution in [0.15, 0.2) is 24.3 Å². The molecule has 1 aliphatic heterocycles. The molecule has 1 heterocycles. The molecule has 0 N–H and O–H groups in total. The Morgan fingerprint density at radius 3 is 2.48 bits per heavy atom. The Hall–Kier alpha value is -1.42. The molecular weight excluding hydrogens is 267 g/mol. The first-order valence-electron chi connectivity index (χ1n) is 7.71. The smallest absolute Gasteiger partial charge is 0.236 e. The molecule has 1 fully saturated rings. The largest absolute Gasteiger partial charge is 0.342 e. The summed E-state index contributed by atoms with van der Waals surface area (Å²) in [5.41, 5.74) is 1.03. The summed E-state index contributed by atoms with van der Waals surface area (Å²) in [6, 6.07) is 6.59. The van der Waals surface area contributed by atoms with E-state index < -0.39 is 0 Å². The number of halogens is 1. The summed E-state index contributed by atoms with van der Waals surface area (Å²) in [5.74, 6) is 0.690. The molecule has 1 aromatic rings. The molecule has 1 amide bonds.